The lowest BCUT2D eigenvalue weighted by Gasteiger charge is -2.32. The predicted molar refractivity (Wildman–Crippen MR) is 108 cm³/mol. The van der Waals surface area contributed by atoms with E-state index < -0.39 is 0 Å². The fourth-order valence-electron chi connectivity index (χ4n) is 3.50. The van der Waals surface area contributed by atoms with Crippen LogP contribution in [-0.4, -0.2) is 38.9 Å². The van der Waals surface area contributed by atoms with Crippen LogP contribution in [0.4, 0.5) is 4.39 Å². The number of benzene rings is 2. The third kappa shape index (κ3) is 4.06. The Labute approximate surface area is 169 Å². The number of halogens is 1. The molecule has 1 saturated heterocycles. The van der Waals surface area contributed by atoms with Gasteiger partial charge in [-0.1, -0.05) is 42.5 Å². The van der Waals surface area contributed by atoms with Gasteiger partial charge in [-0.05, 0) is 42.4 Å². The van der Waals surface area contributed by atoms with E-state index in [1.165, 1.54) is 17.7 Å². The molecule has 1 aliphatic rings. The second kappa shape index (κ2) is 8.34. The van der Waals surface area contributed by atoms with Crippen molar-refractivity contribution in [2.75, 3.05) is 19.7 Å². The Bertz CT molecular complexity index is 970. The molecular weight excluding hydrogens is 375 g/mol. The molecule has 5 nitrogen and oxygen atoms in total. The van der Waals surface area contributed by atoms with Crippen LogP contribution in [-0.2, 0) is 11.4 Å². The number of ether oxygens (including phenoxy) is 1. The zero-order chi connectivity index (χ0) is 19.5. The summed E-state index contributed by atoms with van der Waals surface area (Å²) in [5, 5.41) is 4.51. The van der Waals surface area contributed by atoms with Gasteiger partial charge in [0.2, 0.25) is 0 Å². The fourth-order valence-corrected chi connectivity index (χ4v) is 3.81. The molecule has 28 heavy (non-hydrogen) atoms. The minimum absolute atomic E-state index is 0.0751. The van der Waals surface area contributed by atoms with Crippen LogP contribution >= 0.6 is 12.2 Å². The van der Waals surface area contributed by atoms with Gasteiger partial charge in [-0.3, -0.25) is 9.47 Å². The first-order valence-corrected chi connectivity index (χ1v) is 9.81. The van der Waals surface area contributed by atoms with Crippen LogP contribution in [0.5, 0.6) is 0 Å². The summed E-state index contributed by atoms with van der Waals surface area (Å²) in [6.07, 6.45) is 1.73. The Morgan fingerprint density at radius 1 is 1.18 bits per heavy atom. The van der Waals surface area contributed by atoms with E-state index in [1.54, 1.807) is 18.5 Å². The second-order valence-corrected chi connectivity index (χ2v) is 7.40. The van der Waals surface area contributed by atoms with Crippen molar-refractivity contribution in [3.8, 4) is 0 Å². The zero-order valence-corrected chi connectivity index (χ0v) is 16.6. The first kappa shape index (κ1) is 19.0. The van der Waals surface area contributed by atoms with Crippen LogP contribution in [0.3, 0.4) is 0 Å². The second-order valence-electron chi connectivity index (χ2n) is 7.04. The molecule has 0 radical (unpaired) electrons. The summed E-state index contributed by atoms with van der Waals surface area (Å²) in [5.41, 5.74) is 2.18. The lowest BCUT2D eigenvalue weighted by atomic mass is 10.1. The van der Waals surface area contributed by atoms with E-state index in [9.17, 15) is 4.39 Å². The Balaban J connectivity index is 1.46. The molecule has 3 aromatic rings. The molecule has 0 N–H and O–H groups in total. The van der Waals surface area contributed by atoms with Gasteiger partial charge in [-0.15, -0.1) is 0 Å². The van der Waals surface area contributed by atoms with Crippen LogP contribution < -0.4 is 0 Å². The van der Waals surface area contributed by atoms with Gasteiger partial charge in [0, 0.05) is 13.1 Å². The molecule has 2 heterocycles. The summed E-state index contributed by atoms with van der Waals surface area (Å²) in [6.45, 7) is 4.87. The molecule has 0 amide bonds. The van der Waals surface area contributed by atoms with Gasteiger partial charge in [-0.2, -0.15) is 5.10 Å². The van der Waals surface area contributed by atoms with Crippen molar-refractivity contribution in [3.05, 3.63) is 82.6 Å². The van der Waals surface area contributed by atoms with E-state index in [2.05, 4.69) is 29.1 Å². The van der Waals surface area contributed by atoms with Gasteiger partial charge in [0.1, 0.15) is 12.1 Å². The topological polar surface area (TPSA) is 35.2 Å². The van der Waals surface area contributed by atoms with Crippen LogP contribution in [0.2, 0.25) is 0 Å². The first-order valence-electron chi connectivity index (χ1n) is 9.40. The van der Waals surface area contributed by atoms with Crippen molar-refractivity contribution in [3.63, 3.8) is 0 Å². The predicted octanol–water partition coefficient (Wildman–Crippen LogP) is 4.19. The van der Waals surface area contributed by atoms with Gasteiger partial charge in [0.05, 0.1) is 25.4 Å². The summed E-state index contributed by atoms with van der Waals surface area (Å²) in [7, 11) is 0. The smallest absolute Gasteiger partial charge is 0.199 e. The van der Waals surface area contributed by atoms with Crippen LogP contribution in [0.15, 0.2) is 60.9 Å². The highest BCUT2D eigenvalue weighted by atomic mass is 32.1. The summed E-state index contributed by atoms with van der Waals surface area (Å²) >= 11 is 5.67. The molecular formula is C21H23FN4OS. The molecule has 146 valence electrons. The molecule has 0 saturated carbocycles. The monoisotopic (exact) mass is 398 g/mol. The van der Waals surface area contributed by atoms with Gasteiger partial charge in [0.15, 0.2) is 4.77 Å². The number of nitrogens with zero attached hydrogens (tertiary/aromatic N) is 4. The molecule has 0 bridgehead atoms. The maximum absolute atomic E-state index is 13.2. The van der Waals surface area contributed by atoms with Gasteiger partial charge in [-0.25, -0.2) is 9.07 Å². The molecule has 1 fully saturated rings. The third-order valence-corrected chi connectivity index (χ3v) is 5.60. The highest BCUT2D eigenvalue weighted by Gasteiger charge is 2.23. The number of rotatable bonds is 5. The summed E-state index contributed by atoms with van der Waals surface area (Å²) < 4.78 is 23.6. The SMILES string of the molecule is C[C@@H](c1ccccc1)n1cnn(CN2CCO[C@H](c3ccc(F)cc3)C2)c1=S. The lowest BCUT2D eigenvalue weighted by Crippen LogP contribution is -2.39. The molecule has 1 aromatic heterocycles. The maximum Gasteiger partial charge on any atom is 0.199 e. The molecule has 4 rings (SSSR count). The van der Waals surface area contributed by atoms with Crippen molar-refractivity contribution < 1.29 is 9.13 Å². The number of hydrogen-bond donors (Lipinski definition) is 0. The van der Waals surface area contributed by atoms with Crippen molar-refractivity contribution in [1.29, 1.82) is 0 Å². The van der Waals surface area contributed by atoms with E-state index in [4.69, 9.17) is 17.0 Å². The molecule has 0 unspecified atom stereocenters. The van der Waals surface area contributed by atoms with Gasteiger partial charge < -0.3 is 4.74 Å². The van der Waals surface area contributed by atoms with Gasteiger partial charge in [0.25, 0.3) is 0 Å². The van der Waals surface area contributed by atoms with E-state index in [1.807, 2.05) is 27.4 Å². The zero-order valence-electron chi connectivity index (χ0n) is 15.7. The lowest BCUT2D eigenvalue weighted by molar-refractivity contribution is -0.0419. The van der Waals surface area contributed by atoms with Crippen molar-refractivity contribution in [2.24, 2.45) is 0 Å². The quantitative estimate of drug-likeness (QED) is 0.604. The van der Waals surface area contributed by atoms with E-state index in [0.29, 0.717) is 24.6 Å². The minimum Gasteiger partial charge on any atom is -0.371 e. The highest BCUT2D eigenvalue weighted by Crippen LogP contribution is 2.23. The van der Waals surface area contributed by atoms with Crippen molar-refractivity contribution in [2.45, 2.75) is 25.7 Å². The standard InChI is InChI=1S/C21H23FN4OS/c1-16(17-5-3-2-4-6-17)25-14-23-26(21(25)28)15-24-11-12-27-20(13-24)18-7-9-19(22)10-8-18/h2-10,14,16,20H,11-13,15H2,1H3/t16-,20-/m0/s1. The third-order valence-electron chi connectivity index (χ3n) is 5.18. The summed E-state index contributed by atoms with van der Waals surface area (Å²) in [4.78, 5) is 2.26. The maximum atomic E-state index is 13.2. The number of morpholine rings is 1. The molecule has 2 atom stereocenters. The molecule has 2 aromatic carbocycles. The summed E-state index contributed by atoms with van der Waals surface area (Å²) in [6, 6.07) is 16.9. The van der Waals surface area contributed by atoms with Crippen LogP contribution in [0, 0.1) is 10.6 Å². The average Bonchev–Trinajstić information content (AvgIpc) is 3.09. The Morgan fingerprint density at radius 2 is 1.93 bits per heavy atom. The van der Waals surface area contributed by atoms with Crippen molar-refractivity contribution >= 4 is 12.2 Å². The van der Waals surface area contributed by atoms with Crippen LogP contribution in [0.1, 0.15) is 30.2 Å². The highest BCUT2D eigenvalue weighted by molar-refractivity contribution is 7.71. The van der Waals surface area contributed by atoms with E-state index in [0.717, 1.165) is 12.1 Å². The molecule has 0 spiro atoms. The fraction of sp³-hybridized carbons (Fsp3) is 0.333. The van der Waals surface area contributed by atoms with E-state index in [-0.39, 0.29) is 18.0 Å². The first-order chi connectivity index (χ1) is 13.6. The minimum atomic E-state index is -0.235. The molecule has 7 heteroatoms. The molecule has 0 aliphatic carbocycles. The summed E-state index contributed by atoms with van der Waals surface area (Å²) in [5.74, 6) is -0.235. The number of aromatic nitrogens is 3. The Morgan fingerprint density at radius 3 is 2.68 bits per heavy atom. The number of hydrogen-bond acceptors (Lipinski definition) is 4. The van der Waals surface area contributed by atoms with E-state index >= 15 is 0 Å². The van der Waals surface area contributed by atoms with Crippen LogP contribution in [0.25, 0.3) is 0 Å². The Kier molecular flexibility index (Phi) is 5.66. The normalized spacial score (nSPS) is 18.9. The van der Waals surface area contributed by atoms with Crippen molar-refractivity contribution in [1.82, 2.24) is 19.2 Å². The molecule has 1 aliphatic heterocycles. The average molecular weight is 399 g/mol. The largest absolute Gasteiger partial charge is 0.371 e. The Hall–Kier alpha value is -2.35. The van der Waals surface area contributed by atoms with Gasteiger partial charge >= 0.3 is 0 Å².